The summed E-state index contributed by atoms with van der Waals surface area (Å²) >= 11 is 7.94. The van der Waals surface area contributed by atoms with Crippen molar-refractivity contribution in [2.24, 2.45) is 0 Å². The van der Waals surface area contributed by atoms with Crippen molar-refractivity contribution in [3.8, 4) is 0 Å². The molecule has 1 amide bonds. The van der Waals surface area contributed by atoms with Gasteiger partial charge < -0.3 is 14.5 Å². The maximum atomic E-state index is 12.4. The highest BCUT2D eigenvalue weighted by Gasteiger charge is 2.31. The highest BCUT2D eigenvalue weighted by atomic mass is 35.5. The Labute approximate surface area is 150 Å². The Bertz CT molecular complexity index is 726. The third-order valence-corrected chi connectivity index (χ3v) is 6.33. The molecule has 0 saturated carbocycles. The molecule has 3 heterocycles. The number of aryl methyl sites for hydroxylation is 1. The highest BCUT2D eigenvalue weighted by molar-refractivity contribution is 7.22. The molecule has 1 unspecified atom stereocenters. The molecular formula is C17H20ClN3O2S. The molecule has 4 rings (SSSR count). The van der Waals surface area contributed by atoms with Gasteiger partial charge in [-0.3, -0.25) is 4.79 Å². The molecule has 24 heavy (non-hydrogen) atoms. The summed E-state index contributed by atoms with van der Waals surface area (Å²) in [6, 6.07) is 3.94. The minimum Gasteiger partial charge on any atom is -0.368 e. The van der Waals surface area contributed by atoms with Gasteiger partial charge in [0, 0.05) is 32.8 Å². The van der Waals surface area contributed by atoms with Crippen LogP contribution in [0.5, 0.6) is 0 Å². The number of amides is 1. The van der Waals surface area contributed by atoms with Crippen LogP contribution in [0.15, 0.2) is 12.1 Å². The Balaban J connectivity index is 1.47. The molecule has 0 radical (unpaired) electrons. The topological polar surface area (TPSA) is 45.7 Å². The van der Waals surface area contributed by atoms with E-state index in [1.165, 1.54) is 0 Å². The fraction of sp³-hybridized carbons (Fsp3) is 0.529. The van der Waals surface area contributed by atoms with E-state index in [2.05, 4.69) is 11.8 Å². The first kappa shape index (κ1) is 16.1. The number of benzene rings is 1. The molecule has 2 aliphatic rings. The number of carbonyl (C=O) groups excluding carboxylic acids is 1. The Morgan fingerprint density at radius 2 is 2.12 bits per heavy atom. The minimum atomic E-state index is -0.222. The lowest BCUT2D eigenvalue weighted by Crippen LogP contribution is -2.51. The van der Waals surface area contributed by atoms with Gasteiger partial charge in [-0.05, 0) is 31.4 Å². The maximum absolute atomic E-state index is 12.4. The molecule has 5 nitrogen and oxygen atoms in total. The molecule has 128 valence electrons. The lowest BCUT2D eigenvalue weighted by Gasteiger charge is -2.35. The first-order valence-corrected chi connectivity index (χ1v) is 9.54. The van der Waals surface area contributed by atoms with Crippen molar-refractivity contribution in [2.75, 3.05) is 37.7 Å². The number of ether oxygens (including phenoxy) is 1. The summed E-state index contributed by atoms with van der Waals surface area (Å²) in [4.78, 5) is 21.4. The highest BCUT2D eigenvalue weighted by Crippen LogP contribution is 2.35. The van der Waals surface area contributed by atoms with E-state index in [9.17, 15) is 4.79 Å². The third-order valence-electron chi connectivity index (χ3n) is 4.75. The average Bonchev–Trinajstić information content (AvgIpc) is 3.28. The van der Waals surface area contributed by atoms with Gasteiger partial charge in [0.15, 0.2) is 5.13 Å². The summed E-state index contributed by atoms with van der Waals surface area (Å²) in [6.07, 6.45) is 1.62. The molecule has 1 atom stereocenters. The minimum absolute atomic E-state index is 0.148. The van der Waals surface area contributed by atoms with Crippen LogP contribution in [0.2, 0.25) is 5.02 Å². The number of anilines is 1. The number of hydrogen-bond acceptors (Lipinski definition) is 5. The van der Waals surface area contributed by atoms with Crippen LogP contribution in [-0.2, 0) is 9.53 Å². The summed E-state index contributed by atoms with van der Waals surface area (Å²) in [5.74, 6) is 0.148. The van der Waals surface area contributed by atoms with Crippen LogP contribution in [0.3, 0.4) is 0 Å². The molecule has 0 bridgehead atoms. The normalized spacial score (nSPS) is 21.7. The molecule has 2 fully saturated rings. The molecule has 2 saturated heterocycles. The number of carbonyl (C=O) groups is 1. The quantitative estimate of drug-likeness (QED) is 0.820. The van der Waals surface area contributed by atoms with Crippen molar-refractivity contribution in [1.29, 1.82) is 0 Å². The number of halogens is 1. The standard InChI is InChI=1S/C17H20ClN3O2S/c1-11-4-5-12(18)15-14(11)19-17(24-15)21-8-6-20(7-9-21)16(22)13-3-2-10-23-13/h4-5,13H,2-3,6-10H2,1H3. The summed E-state index contributed by atoms with van der Waals surface area (Å²) in [7, 11) is 0. The van der Waals surface area contributed by atoms with Crippen LogP contribution in [0.1, 0.15) is 18.4 Å². The molecule has 0 spiro atoms. The van der Waals surface area contributed by atoms with E-state index in [1.54, 1.807) is 11.3 Å². The van der Waals surface area contributed by atoms with Crippen molar-refractivity contribution in [3.05, 3.63) is 22.7 Å². The predicted octanol–water partition coefficient (Wildman–Crippen LogP) is 3.09. The Hall–Kier alpha value is -1.37. The van der Waals surface area contributed by atoms with Crippen LogP contribution in [0, 0.1) is 6.92 Å². The van der Waals surface area contributed by atoms with Crippen LogP contribution >= 0.6 is 22.9 Å². The zero-order valence-corrected chi connectivity index (χ0v) is 15.2. The number of piperazine rings is 1. The molecule has 2 aromatic rings. The van der Waals surface area contributed by atoms with Gasteiger partial charge in [-0.2, -0.15) is 0 Å². The zero-order valence-electron chi connectivity index (χ0n) is 13.6. The Morgan fingerprint density at radius 1 is 1.33 bits per heavy atom. The van der Waals surface area contributed by atoms with Crippen molar-refractivity contribution in [2.45, 2.75) is 25.9 Å². The Kier molecular flexibility index (Phi) is 4.37. The van der Waals surface area contributed by atoms with Gasteiger partial charge in [0.2, 0.25) is 0 Å². The fourth-order valence-corrected chi connectivity index (χ4v) is 4.69. The predicted molar refractivity (Wildman–Crippen MR) is 97.1 cm³/mol. The van der Waals surface area contributed by atoms with E-state index < -0.39 is 0 Å². The smallest absolute Gasteiger partial charge is 0.251 e. The fourth-order valence-electron chi connectivity index (χ4n) is 3.32. The monoisotopic (exact) mass is 365 g/mol. The van der Waals surface area contributed by atoms with Crippen molar-refractivity contribution in [3.63, 3.8) is 0 Å². The number of fused-ring (bicyclic) bond motifs is 1. The van der Waals surface area contributed by atoms with Gasteiger partial charge in [-0.25, -0.2) is 4.98 Å². The van der Waals surface area contributed by atoms with Gasteiger partial charge in [0.05, 0.1) is 15.2 Å². The summed E-state index contributed by atoms with van der Waals surface area (Å²) in [6.45, 7) is 5.81. The van der Waals surface area contributed by atoms with Crippen LogP contribution in [0.4, 0.5) is 5.13 Å². The van der Waals surface area contributed by atoms with E-state index in [1.807, 2.05) is 17.0 Å². The van der Waals surface area contributed by atoms with E-state index >= 15 is 0 Å². The second kappa shape index (κ2) is 6.50. The summed E-state index contributed by atoms with van der Waals surface area (Å²) in [5, 5.41) is 1.75. The summed E-state index contributed by atoms with van der Waals surface area (Å²) in [5.41, 5.74) is 2.13. The number of nitrogens with zero attached hydrogens (tertiary/aromatic N) is 3. The largest absolute Gasteiger partial charge is 0.368 e. The average molecular weight is 366 g/mol. The van der Waals surface area contributed by atoms with Gasteiger partial charge >= 0.3 is 0 Å². The number of aromatic nitrogens is 1. The van der Waals surface area contributed by atoms with Crippen LogP contribution in [0.25, 0.3) is 10.2 Å². The molecule has 7 heteroatoms. The molecular weight excluding hydrogens is 346 g/mol. The van der Waals surface area contributed by atoms with E-state index in [-0.39, 0.29) is 12.0 Å². The van der Waals surface area contributed by atoms with Gasteiger partial charge in [0.1, 0.15) is 6.10 Å². The van der Waals surface area contributed by atoms with Gasteiger partial charge in [-0.15, -0.1) is 0 Å². The second-order valence-corrected chi connectivity index (χ2v) is 7.74. The lowest BCUT2D eigenvalue weighted by molar-refractivity contribution is -0.141. The van der Waals surface area contributed by atoms with E-state index in [0.29, 0.717) is 6.61 Å². The third kappa shape index (κ3) is 2.87. The van der Waals surface area contributed by atoms with Gasteiger partial charge in [0.25, 0.3) is 5.91 Å². The van der Waals surface area contributed by atoms with E-state index in [0.717, 1.165) is 65.0 Å². The molecule has 0 N–H and O–H groups in total. The zero-order chi connectivity index (χ0) is 16.7. The van der Waals surface area contributed by atoms with Crippen LogP contribution < -0.4 is 4.90 Å². The van der Waals surface area contributed by atoms with Gasteiger partial charge in [-0.1, -0.05) is 29.0 Å². The lowest BCUT2D eigenvalue weighted by atomic mass is 10.2. The molecule has 2 aliphatic heterocycles. The number of hydrogen-bond donors (Lipinski definition) is 0. The first-order valence-electron chi connectivity index (χ1n) is 8.34. The van der Waals surface area contributed by atoms with Crippen LogP contribution in [-0.4, -0.2) is 54.7 Å². The van der Waals surface area contributed by atoms with Crippen molar-refractivity contribution >= 4 is 44.2 Å². The van der Waals surface area contributed by atoms with E-state index in [4.69, 9.17) is 21.3 Å². The van der Waals surface area contributed by atoms with Crippen molar-refractivity contribution < 1.29 is 9.53 Å². The SMILES string of the molecule is Cc1ccc(Cl)c2sc(N3CCN(C(=O)C4CCCO4)CC3)nc12. The molecule has 0 aliphatic carbocycles. The second-order valence-electron chi connectivity index (χ2n) is 6.35. The summed E-state index contributed by atoms with van der Waals surface area (Å²) < 4.78 is 6.56. The number of rotatable bonds is 2. The molecule has 1 aromatic carbocycles. The van der Waals surface area contributed by atoms with Crippen molar-refractivity contribution in [1.82, 2.24) is 9.88 Å². The maximum Gasteiger partial charge on any atom is 0.251 e. The Morgan fingerprint density at radius 3 is 2.79 bits per heavy atom. The number of thiazole rings is 1. The first-order chi connectivity index (χ1) is 11.6. The molecule has 1 aromatic heterocycles.